The number of hydrogen-bond donors (Lipinski definition) is 2. The predicted molar refractivity (Wildman–Crippen MR) is 118 cm³/mol. The van der Waals surface area contributed by atoms with Gasteiger partial charge in [-0.2, -0.15) is 0 Å². The molecular weight excluding hydrogens is 418 g/mol. The molecule has 0 saturated carbocycles. The predicted octanol–water partition coefficient (Wildman–Crippen LogP) is 3.84. The van der Waals surface area contributed by atoms with Crippen molar-refractivity contribution in [2.75, 3.05) is 6.61 Å². The number of ether oxygens (including phenoxy) is 2. The van der Waals surface area contributed by atoms with Gasteiger partial charge in [-0.15, -0.1) is 11.3 Å². The molecule has 168 valence electrons. The van der Waals surface area contributed by atoms with Gasteiger partial charge in [-0.05, 0) is 31.7 Å². The summed E-state index contributed by atoms with van der Waals surface area (Å²) in [5.41, 5.74) is 1.07. The van der Waals surface area contributed by atoms with Crippen LogP contribution >= 0.6 is 11.3 Å². The molecule has 2 amide bonds. The van der Waals surface area contributed by atoms with Crippen LogP contribution in [0.2, 0.25) is 0 Å². The van der Waals surface area contributed by atoms with Gasteiger partial charge in [0, 0.05) is 5.38 Å². The summed E-state index contributed by atoms with van der Waals surface area (Å²) in [7, 11) is 0. The van der Waals surface area contributed by atoms with Crippen LogP contribution in [-0.4, -0.2) is 35.6 Å². The van der Waals surface area contributed by atoms with E-state index in [4.69, 9.17) is 9.47 Å². The van der Waals surface area contributed by atoms with Crippen LogP contribution in [0.4, 0.5) is 4.79 Å². The average Bonchev–Trinajstić information content (AvgIpc) is 3.23. The van der Waals surface area contributed by atoms with E-state index in [-0.39, 0.29) is 30.7 Å². The second-order valence-corrected chi connectivity index (χ2v) is 8.30. The molecule has 0 aliphatic carbocycles. The zero-order chi connectivity index (χ0) is 22.8. The number of hydrogen-bond acceptors (Lipinski definition) is 7. The maximum Gasteiger partial charge on any atom is 0.408 e. The van der Waals surface area contributed by atoms with Gasteiger partial charge >= 0.3 is 12.1 Å². The largest absolute Gasteiger partial charge is 0.461 e. The van der Waals surface area contributed by atoms with Crippen molar-refractivity contribution in [3.05, 3.63) is 52.0 Å². The molecule has 1 aromatic carbocycles. The Kier molecular flexibility index (Phi) is 9.45. The smallest absolute Gasteiger partial charge is 0.408 e. The first-order valence-electron chi connectivity index (χ1n) is 10.2. The van der Waals surface area contributed by atoms with Gasteiger partial charge in [-0.1, -0.05) is 44.2 Å². The number of amides is 2. The summed E-state index contributed by atoms with van der Waals surface area (Å²) >= 11 is 1.26. The highest BCUT2D eigenvalue weighted by Crippen LogP contribution is 2.19. The van der Waals surface area contributed by atoms with Gasteiger partial charge in [0.05, 0.1) is 12.6 Å². The molecular formula is C22H29N3O5S. The number of carbonyl (C=O) groups excluding carboxylic acids is 3. The lowest BCUT2D eigenvalue weighted by atomic mass is 10.0. The van der Waals surface area contributed by atoms with Crippen molar-refractivity contribution in [2.45, 2.75) is 52.8 Å². The number of carbonyl (C=O) groups is 3. The third-order valence-corrected chi connectivity index (χ3v) is 5.29. The van der Waals surface area contributed by atoms with Crippen LogP contribution in [0.3, 0.4) is 0 Å². The van der Waals surface area contributed by atoms with Gasteiger partial charge in [-0.3, -0.25) is 4.79 Å². The standard InChI is InChI=1S/C22H29N3O5S/c1-5-29-21(27)18-13-31-20(24-18)15(4)23-19(26)17(11-14(2)3)25-22(28)30-12-16-9-7-6-8-10-16/h6-10,13-15,17H,5,11-12H2,1-4H3,(H,23,26)(H,25,28)/t15-,17?/m1/s1. The van der Waals surface area contributed by atoms with Crippen molar-refractivity contribution in [1.82, 2.24) is 15.6 Å². The maximum atomic E-state index is 12.8. The molecule has 1 unspecified atom stereocenters. The van der Waals surface area contributed by atoms with Crippen LogP contribution in [-0.2, 0) is 20.9 Å². The zero-order valence-corrected chi connectivity index (χ0v) is 19.0. The molecule has 8 nitrogen and oxygen atoms in total. The Bertz CT molecular complexity index is 869. The highest BCUT2D eigenvalue weighted by Gasteiger charge is 2.25. The SMILES string of the molecule is CCOC(=O)c1csc([C@@H](C)NC(=O)C(CC(C)C)NC(=O)OCc2ccccc2)n1. The van der Waals surface area contributed by atoms with E-state index in [0.29, 0.717) is 11.4 Å². The van der Waals surface area contributed by atoms with Crippen LogP contribution < -0.4 is 10.6 Å². The Morgan fingerprint density at radius 3 is 2.42 bits per heavy atom. The van der Waals surface area contributed by atoms with Crippen LogP contribution in [0, 0.1) is 5.92 Å². The molecule has 31 heavy (non-hydrogen) atoms. The van der Waals surface area contributed by atoms with E-state index < -0.39 is 24.1 Å². The summed E-state index contributed by atoms with van der Waals surface area (Å²) in [6.07, 6.45) is -0.207. The lowest BCUT2D eigenvalue weighted by molar-refractivity contribution is -0.124. The molecule has 1 aromatic heterocycles. The molecule has 2 aromatic rings. The van der Waals surface area contributed by atoms with E-state index in [9.17, 15) is 14.4 Å². The van der Waals surface area contributed by atoms with Crippen LogP contribution in [0.1, 0.15) is 61.2 Å². The minimum absolute atomic E-state index is 0.120. The first-order valence-corrected chi connectivity index (χ1v) is 11.1. The number of alkyl carbamates (subject to hydrolysis) is 1. The summed E-state index contributed by atoms with van der Waals surface area (Å²) in [5, 5.41) is 7.68. The summed E-state index contributed by atoms with van der Waals surface area (Å²) in [5.74, 6) is -0.662. The Morgan fingerprint density at radius 2 is 1.77 bits per heavy atom. The quantitative estimate of drug-likeness (QED) is 0.536. The Balaban J connectivity index is 1.95. The first kappa shape index (κ1) is 24.3. The molecule has 0 aliphatic heterocycles. The zero-order valence-electron chi connectivity index (χ0n) is 18.2. The van der Waals surface area contributed by atoms with E-state index in [1.165, 1.54) is 11.3 Å². The van der Waals surface area contributed by atoms with Gasteiger partial charge in [0.2, 0.25) is 5.91 Å². The molecule has 0 fully saturated rings. The summed E-state index contributed by atoms with van der Waals surface area (Å²) in [4.78, 5) is 41.1. The van der Waals surface area contributed by atoms with Gasteiger partial charge in [0.15, 0.2) is 5.69 Å². The van der Waals surface area contributed by atoms with Crippen molar-refractivity contribution in [3.63, 3.8) is 0 Å². The highest BCUT2D eigenvalue weighted by atomic mass is 32.1. The molecule has 2 N–H and O–H groups in total. The van der Waals surface area contributed by atoms with Gasteiger partial charge in [-0.25, -0.2) is 14.6 Å². The lowest BCUT2D eigenvalue weighted by Gasteiger charge is -2.22. The summed E-state index contributed by atoms with van der Waals surface area (Å²) in [6.45, 7) is 7.81. The fourth-order valence-electron chi connectivity index (χ4n) is 2.77. The Morgan fingerprint density at radius 1 is 1.06 bits per heavy atom. The van der Waals surface area contributed by atoms with Gasteiger partial charge in [0.25, 0.3) is 0 Å². The number of benzene rings is 1. The number of thiazole rings is 1. The van der Waals surface area contributed by atoms with Crippen molar-refractivity contribution in [2.24, 2.45) is 5.92 Å². The number of nitrogens with zero attached hydrogens (tertiary/aromatic N) is 1. The molecule has 2 rings (SSSR count). The number of esters is 1. The minimum Gasteiger partial charge on any atom is -0.461 e. The summed E-state index contributed by atoms with van der Waals surface area (Å²) in [6, 6.07) is 8.12. The van der Waals surface area contributed by atoms with Crippen molar-refractivity contribution in [3.8, 4) is 0 Å². The lowest BCUT2D eigenvalue weighted by Crippen LogP contribution is -2.48. The molecule has 0 spiro atoms. The van der Waals surface area contributed by atoms with E-state index in [0.717, 1.165) is 5.56 Å². The van der Waals surface area contributed by atoms with E-state index in [1.807, 2.05) is 44.2 Å². The minimum atomic E-state index is -0.754. The molecule has 1 heterocycles. The monoisotopic (exact) mass is 447 g/mol. The normalized spacial score (nSPS) is 12.7. The third kappa shape index (κ3) is 8.01. The Hall–Kier alpha value is -2.94. The van der Waals surface area contributed by atoms with Crippen molar-refractivity contribution < 1.29 is 23.9 Å². The third-order valence-electron chi connectivity index (χ3n) is 4.26. The topological polar surface area (TPSA) is 107 Å². The fourth-order valence-corrected chi connectivity index (χ4v) is 3.57. The molecule has 0 radical (unpaired) electrons. The molecule has 0 aliphatic rings. The fraction of sp³-hybridized carbons (Fsp3) is 0.455. The molecule has 0 saturated heterocycles. The maximum absolute atomic E-state index is 12.8. The van der Waals surface area contributed by atoms with E-state index >= 15 is 0 Å². The summed E-state index contributed by atoms with van der Waals surface area (Å²) < 4.78 is 10.2. The van der Waals surface area contributed by atoms with E-state index in [2.05, 4.69) is 15.6 Å². The average molecular weight is 448 g/mol. The van der Waals surface area contributed by atoms with Gasteiger partial charge < -0.3 is 20.1 Å². The van der Waals surface area contributed by atoms with E-state index in [1.54, 1.807) is 19.2 Å². The first-order chi connectivity index (χ1) is 14.8. The number of aromatic nitrogens is 1. The van der Waals surface area contributed by atoms with Crippen LogP contribution in [0.5, 0.6) is 0 Å². The van der Waals surface area contributed by atoms with Crippen LogP contribution in [0.25, 0.3) is 0 Å². The molecule has 0 bridgehead atoms. The second-order valence-electron chi connectivity index (χ2n) is 7.41. The second kappa shape index (κ2) is 12.0. The molecule has 2 atom stereocenters. The highest BCUT2D eigenvalue weighted by molar-refractivity contribution is 7.09. The number of rotatable bonds is 10. The Labute approximate surface area is 186 Å². The molecule has 9 heteroatoms. The van der Waals surface area contributed by atoms with Crippen LogP contribution in [0.15, 0.2) is 35.7 Å². The number of nitrogens with one attached hydrogen (secondary N) is 2. The van der Waals surface area contributed by atoms with Gasteiger partial charge in [0.1, 0.15) is 17.7 Å². The van der Waals surface area contributed by atoms with Crippen molar-refractivity contribution in [1.29, 1.82) is 0 Å². The van der Waals surface area contributed by atoms with Crippen molar-refractivity contribution >= 4 is 29.3 Å².